The number of nitrogens with zero attached hydrogens (tertiary/aromatic N) is 4. The monoisotopic (exact) mass is 472 g/mol. The molecule has 2 heterocycles. The van der Waals surface area contributed by atoms with Crippen molar-refractivity contribution in [2.75, 3.05) is 0 Å². The number of hydrogen-bond donors (Lipinski definition) is 0. The maximum atomic E-state index is 6.08. The summed E-state index contributed by atoms with van der Waals surface area (Å²) >= 11 is 0. The summed E-state index contributed by atoms with van der Waals surface area (Å²) in [5.74, 6) is 1.82. The average Bonchev–Trinajstić information content (AvgIpc) is 3.59. The fourth-order valence-corrected chi connectivity index (χ4v) is 4.22. The molecule has 6 heteroatoms. The third-order valence-electron chi connectivity index (χ3n) is 6.22. The summed E-state index contributed by atoms with van der Waals surface area (Å²) in [6.07, 6.45) is 0. The van der Waals surface area contributed by atoms with E-state index in [-0.39, 0.29) is 5.41 Å². The van der Waals surface area contributed by atoms with Crippen LogP contribution in [0.25, 0.3) is 56.6 Å². The maximum absolute atomic E-state index is 6.08. The van der Waals surface area contributed by atoms with Crippen LogP contribution in [0.5, 0.6) is 0 Å². The Morgan fingerprint density at radius 1 is 0.528 bits per heavy atom. The molecule has 0 fully saturated rings. The molecule has 0 aliphatic carbocycles. The normalized spacial score (nSPS) is 11.8. The molecule has 0 spiro atoms. The Bertz CT molecular complexity index is 1670. The zero-order valence-electron chi connectivity index (χ0n) is 20.3. The summed E-state index contributed by atoms with van der Waals surface area (Å²) in [6, 6.07) is 30.1. The summed E-state index contributed by atoms with van der Waals surface area (Å²) in [5.41, 5.74) is 4.68. The molecule has 0 amide bonds. The molecular weight excluding hydrogens is 448 g/mol. The molecule has 6 aromatic rings. The fourth-order valence-electron chi connectivity index (χ4n) is 4.22. The Morgan fingerprint density at radius 3 is 1.78 bits per heavy atom. The second-order valence-electron chi connectivity index (χ2n) is 9.76. The number of rotatable bonds is 4. The predicted molar refractivity (Wildman–Crippen MR) is 140 cm³/mol. The van der Waals surface area contributed by atoms with Crippen LogP contribution >= 0.6 is 0 Å². The smallest absolute Gasteiger partial charge is 0.248 e. The van der Waals surface area contributed by atoms with Crippen LogP contribution in [-0.2, 0) is 5.41 Å². The van der Waals surface area contributed by atoms with Gasteiger partial charge in [-0.15, -0.1) is 20.4 Å². The van der Waals surface area contributed by atoms with Crippen molar-refractivity contribution in [3.05, 3.63) is 96.6 Å². The van der Waals surface area contributed by atoms with E-state index in [0.717, 1.165) is 33.0 Å². The second kappa shape index (κ2) is 8.57. The lowest BCUT2D eigenvalue weighted by atomic mass is 9.87. The fraction of sp³-hybridized carbons (Fsp3) is 0.133. The number of hydrogen-bond acceptors (Lipinski definition) is 6. The molecule has 0 aliphatic heterocycles. The first-order chi connectivity index (χ1) is 17.5. The molecule has 4 aromatic carbocycles. The lowest BCUT2D eigenvalue weighted by Gasteiger charge is -2.18. The summed E-state index contributed by atoms with van der Waals surface area (Å²) in [4.78, 5) is 0. The Morgan fingerprint density at radius 2 is 1.08 bits per heavy atom. The van der Waals surface area contributed by atoms with Gasteiger partial charge >= 0.3 is 0 Å². The predicted octanol–water partition coefficient (Wildman–Crippen LogP) is 7.57. The topological polar surface area (TPSA) is 77.8 Å². The highest BCUT2D eigenvalue weighted by Crippen LogP contribution is 2.32. The van der Waals surface area contributed by atoms with Gasteiger partial charge in [0.1, 0.15) is 0 Å². The van der Waals surface area contributed by atoms with Crippen LogP contribution < -0.4 is 0 Å². The van der Waals surface area contributed by atoms with Crippen LogP contribution in [0, 0.1) is 0 Å². The molecule has 6 rings (SSSR count). The van der Waals surface area contributed by atoms with Crippen molar-refractivity contribution in [2.45, 2.75) is 26.2 Å². The van der Waals surface area contributed by atoms with E-state index < -0.39 is 0 Å². The first-order valence-electron chi connectivity index (χ1n) is 11.8. The molecule has 0 saturated carbocycles. The molecule has 6 nitrogen and oxygen atoms in total. The highest BCUT2D eigenvalue weighted by atomic mass is 16.4. The van der Waals surface area contributed by atoms with Gasteiger partial charge in [0.25, 0.3) is 0 Å². The van der Waals surface area contributed by atoms with Gasteiger partial charge in [-0.3, -0.25) is 0 Å². The van der Waals surface area contributed by atoms with Crippen LogP contribution in [0.4, 0.5) is 0 Å². The van der Waals surface area contributed by atoms with E-state index in [1.807, 2.05) is 60.7 Å². The van der Waals surface area contributed by atoms with Crippen LogP contribution in [0.3, 0.4) is 0 Å². The van der Waals surface area contributed by atoms with Gasteiger partial charge in [-0.2, -0.15) is 0 Å². The Labute approximate surface area is 208 Å². The van der Waals surface area contributed by atoms with Crippen molar-refractivity contribution < 1.29 is 8.83 Å². The zero-order valence-corrected chi connectivity index (χ0v) is 20.3. The summed E-state index contributed by atoms with van der Waals surface area (Å²) in [7, 11) is 0. The van der Waals surface area contributed by atoms with Gasteiger partial charge in [0.15, 0.2) is 0 Å². The van der Waals surface area contributed by atoms with Gasteiger partial charge in [-0.05, 0) is 58.1 Å². The molecule has 0 unspecified atom stereocenters. The Kier molecular flexibility index (Phi) is 5.22. The maximum Gasteiger partial charge on any atom is 0.248 e. The SMILES string of the molecule is CC(C)(C)c1ccc(-c2nnc(-c3cccc(-c4nnc(-c5cccc6ccccc56)o4)c3)o2)cc1. The molecule has 0 radical (unpaired) electrons. The molecule has 0 atom stereocenters. The van der Waals surface area contributed by atoms with E-state index in [9.17, 15) is 0 Å². The molecular formula is C30H24N4O2. The average molecular weight is 473 g/mol. The molecule has 0 saturated heterocycles. The first-order valence-corrected chi connectivity index (χ1v) is 11.8. The highest BCUT2D eigenvalue weighted by molar-refractivity contribution is 5.94. The van der Waals surface area contributed by atoms with E-state index in [1.54, 1.807) is 0 Å². The van der Waals surface area contributed by atoms with Crippen molar-refractivity contribution in [2.24, 2.45) is 0 Å². The minimum atomic E-state index is 0.0845. The molecule has 0 aliphatic rings. The first kappa shape index (κ1) is 21.9. The van der Waals surface area contributed by atoms with E-state index >= 15 is 0 Å². The van der Waals surface area contributed by atoms with Crippen molar-refractivity contribution in [1.29, 1.82) is 0 Å². The van der Waals surface area contributed by atoms with Gasteiger partial charge in [0.05, 0.1) is 0 Å². The Hall–Kier alpha value is -4.58. The zero-order chi connectivity index (χ0) is 24.7. The quantitative estimate of drug-likeness (QED) is 0.263. The van der Waals surface area contributed by atoms with Gasteiger partial charge in [0, 0.05) is 22.3 Å². The van der Waals surface area contributed by atoms with Crippen LogP contribution in [0.2, 0.25) is 0 Å². The van der Waals surface area contributed by atoms with E-state index in [2.05, 4.69) is 71.5 Å². The van der Waals surface area contributed by atoms with Gasteiger partial charge in [-0.1, -0.05) is 75.4 Å². The van der Waals surface area contributed by atoms with Crippen molar-refractivity contribution in [3.8, 4) is 45.8 Å². The summed E-state index contributed by atoms with van der Waals surface area (Å²) in [6.45, 7) is 6.57. The van der Waals surface area contributed by atoms with Crippen LogP contribution in [0.1, 0.15) is 26.3 Å². The molecule has 176 valence electrons. The van der Waals surface area contributed by atoms with E-state index in [4.69, 9.17) is 8.83 Å². The van der Waals surface area contributed by atoms with Crippen molar-refractivity contribution in [1.82, 2.24) is 20.4 Å². The standard InChI is InChI=1S/C30H24N4O2/c1-30(2,3)23-16-14-20(15-17-23)26-31-32-27(35-26)21-10-6-11-22(18-21)28-33-34-29(36-28)25-13-7-9-19-8-4-5-12-24(19)25/h4-18H,1-3H3. The molecule has 36 heavy (non-hydrogen) atoms. The number of aromatic nitrogens is 4. The van der Waals surface area contributed by atoms with E-state index in [1.165, 1.54) is 5.56 Å². The third kappa shape index (κ3) is 4.07. The minimum Gasteiger partial charge on any atom is -0.416 e. The number of benzene rings is 4. The van der Waals surface area contributed by atoms with Crippen LogP contribution in [0.15, 0.2) is 99.8 Å². The highest BCUT2D eigenvalue weighted by Gasteiger charge is 2.17. The van der Waals surface area contributed by atoms with Gasteiger partial charge in [0.2, 0.25) is 23.6 Å². The van der Waals surface area contributed by atoms with Crippen LogP contribution in [-0.4, -0.2) is 20.4 Å². The van der Waals surface area contributed by atoms with Crippen molar-refractivity contribution >= 4 is 10.8 Å². The summed E-state index contributed by atoms with van der Waals surface area (Å²) < 4.78 is 12.1. The van der Waals surface area contributed by atoms with E-state index in [0.29, 0.717) is 23.6 Å². The Balaban J connectivity index is 1.29. The molecule has 2 aromatic heterocycles. The lowest BCUT2D eigenvalue weighted by Crippen LogP contribution is -2.10. The van der Waals surface area contributed by atoms with Gasteiger partial charge < -0.3 is 8.83 Å². The second-order valence-corrected chi connectivity index (χ2v) is 9.76. The minimum absolute atomic E-state index is 0.0845. The summed E-state index contributed by atoms with van der Waals surface area (Å²) in [5, 5.41) is 19.3. The lowest BCUT2D eigenvalue weighted by molar-refractivity contribution is 0.581. The molecule has 0 N–H and O–H groups in total. The van der Waals surface area contributed by atoms with Gasteiger partial charge in [-0.25, -0.2) is 0 Å². The third-order valence-corrected chi connectivity index (χ3v) is 6.22. The largest absolute Gasteiger partial charge is 0.416 e. The number of fused-ring (bicyclic) bond motifs is 1. The van der Waals surface area contributed by atoms with Crippen molar-refractivity contribution in [3.63, 3.8) is 0 Å². The molecule has 0 bridgehead atoms.